The molecule has 1 N–H and O–H groups in total. The fraction of sp³-hybridized carbons (Fsp3) is 0.526. The molecule has 1 aliphatic heterocycles. The Morgan fingerprint density at radius 3 is 2.43 bits per heavy atom. The average molecular weight is 427 g/mol. The molecule has 1 heterocycles. The van der Waals surface area contributed by atoms with Crippen LogP contribution < -0.4 is 4.72 Å². The molecule has 2 aliphatic rings. The van der Waals surface area contributed by atoms with Crippen molar-refractivity contribution in [3.05, 3.63) is 42.5 Å². The molecule has 1 atom stereocenters. The fourth-order valence-corrected chi connectivity index (χ4v) is 6.37. The van der Waals surface area contributed by atoms with E-state index in [1.807, 2.05) is 0 Å². The molecular weight excluding hydrogens is 400 g/mol. The van der Waals surface area contributed by atoms with Crippen LogP contribution in [0, 0.1) is 0 Å². The maximum Gasteiger partial charge on any atom is 0.240 e. The first-order valence-electron chi connectivity index (χ1n) is 9.42. The third kappa shape index (κ3) is 5.42. The molecule has 1 aromatic rings. The first kappa shape index (κ1) is 21.0. The maximum absolute atomic E-state index is 12.6. The maximum atomic E-state index is 12.6. The monoisotopic (exact) mass is 426 g/mol. The molecule has 1 unspecified atom stereocenters. The van der Waals surface area contributed by atoms with E-state index in [0.29, 0.717) is 19.4 Å². The highest BCUT2D eigenvalue weighted by Gasteiger charge is 2.34. The number of hydrogen-bond donors (Lipinski definition) is 1. The van der Waals surface area contributed by atoms with Gasteiger partial charge in [0.15, 0.2) is 9.84 Å². The van der Waals surface area contributed by atoms with Crippen LogP contribution >= 0.6 is 0 Å². The topological polar surface area (TPSA) is 101 Å². The summed E-state index contributed by atoms with van der Waals surface area (Å²) in [5.74, 6) is 0.00500. The number of carbonyl (C=O) groups is 1. The van der Waals surface area contributed by atoms with Gasteiger partial charge in [-0.3, -0.25) is 4.79 Å². The van der Waals surface area contributed by atoms with Gasteiger partial charge in [-0.2, -0.15) is 0 Å². The van der Waals surface area contributed by atoms with Crippen molar-refractivity contribution in [3.63, 3.8) is 0 Å². The number of carbonyl (C=O) groups excluding carboxylic acids is 1. The Morgan fingerprint density at radius 1 is 1.21 bits per heavy atom. The van der Waals surface area contributed by atoms with Crippen molar-refractivity contribution >= 4 is 25.8 Å². The summed E-state index contributed by atoms with van der Waals surface area (Å²) >= 11 is 0. The smallest absolute Gasteiger partial charge is 0.240 e. The third-order valence-corrected chi connectivity index (χ3v) is 8.34. The Kier molecular flexibility index (Phi) is 6.26. The van der Waals surface area contributed by atoms with E-state index >= 15 is 0 Å². The molecule has 1 aromatic carbocycles. The zero-order valence-electron chi connectivity index (χ0n) is 15.7. The molecule has 1 saturated carbocycles. The molecule has 1 aliphatic carbocycles. The van der Waals surface area contributed by atoms with Gasteiger partial charge in [0.1, 0.15) is 0 Å². The SMILES string of the molecule is C=CCN(C(=O)CCc1ccc(S(=O)(=O)NC2CC2)cc1)C1CCS(=O)(=O)C1. The van der Waals surface area contributed by atoms with Crippen LogP contribution in [0.25, 0.3) is 0 Å². The fourth-order valence-electron chi connectivity index (χ4n) is 3.33. The van der Waals surface area contributed by atoms with Gasteiger partial charge in [0, 0.05) is 25.0 Å². The summed E-state index contributed by atoms with van der Waals surface area (Å²) in [4.78, 5) is 14.5. The van der Waals surface area contributed by atoms with Crippen molar-refractivity contribution in [2.24, 2.45) is 0 Å². The number of aryl methyl sites for hydroxylation is 1. The predicted molar refractivity (Wildman–Crippen MR) is 107 cm³/mol. The molecule has 0 radical (unpaired) electrons. The van der Waals surface area contributed by atoms with Crippen LogP contribution in [-0.4, -0.2) is 57.8 Å². The molecular formula is C19H26N2O5S2. The first-order valence-corrected chi connectivity index (χ1v) is 12.7. The van der Waals surface area contributed by atoms with Crippen LogP contribution in [0.1, 0.15) is 31.2 Å². The van der Waals surface area contributed by atoms with Crippen molar-refractivity contribution in [2.75, 3.05) is 18.1 Å². The molecule has 154 valence electrons. The van der Waals surface area contributed by atoms with Crippen LogP contribution in [0.5, 0.6) is 0 Å². The lowest BCUT2D eigenvalue weighted by atomic mass is 10.1. The summed E-state index contributed by atoms with van der Waals surface area (Å²) in [5.41, 5.74) is 0.858. The van der Waals surface area contributed by atoms with Gasteiger partial charge in [-0.05, 0) is 43.4 Å². The Bertz CT molecular complexity index is 935. The molecule has 28 heavy (non-hydrogen) atoms. The molecule has 0 bridgehead atoms. The van der Waals surface area contributed by atoms with E-state index in [4.69, 9.17) is 0 Å². The summed E-state index contributed by atoms with van der Waals surface area (Å²) in [6.07, 6.45) is 4.52. The summed E-state index contributed by atoms with van der Waals surface area (Å²) in [6, 6.07) is 6.29. The van der Waals surface area contributed by atoms with Crippen molar-refractivity contribution in [3.8, 4) is 0 Å². The standard InChI is InChI=1S/C19H26N2O5S2/c1-2-12-21(17-11-13-27(23,24)14-17)19(22)10-5-15-3-8-18(9-4-15)28(25,26)20-16-6-7-16/h2-4,8-9,16-17,20H,1,5-7,10-14H2. The Morgan fingerprint density at radius 2 is 1.89 bits per heavy atom. The van der Waals surface area contributed by atoms with Crippen LogP contribution in [0.15, 0.2) is 41.8 Å². The van der Waals surface area contributed by atoms with E-state index in [9.17, 15) is 21.6 Å². The number of sulfonamides is 1. The largest absolute Gasteiger partial charge is 0.335 e. The highest BCUT2D eigenvalue weighted by Crippen LogP contribution is 2.23. The Labute approximate surface area is 166 Å². The summed E-state index contributed by atoms with van der Waals surface area (Å²) in [6.45, 7) is 3.98. The molecule has 1 amide bonds. The van der Waals surface area contributed by atoms with E-state index in [2.05, 4.69) is 11.3 Å². The minimum atomic E-state index is -3.48. The zero-order chi connectivity index (χ0) is 20.4. The van der Waals surface area contributed by atoms with E-state index in [1.54, 1.807) is 35.2 Å². The quantitative estimate of drug-likeness (QED) is 0.599. The molecule has 1 saturated heterocycles. The number of rotatable bonds is 9. The predicted octanol–water partition coefficient (Wildman–Crippen LogP) is 1.26. The summed E-state index contributed by atoms with van der Waals surface area (Å²) in [7, 11) is -6.55. The van der Waals surface area contributed by atoms with Gasteiger partial charge < -0.3 is 4.90 Å². The Hall–Kier alpha value is -1.71. The molecule has 3 rings (SSSR count). The van der Waals surface area contributed by atoms with E-state index in [1.165, 1.54) is 0 Å². The van der Waals surface area contributed by atoms with Crippen molar-refractivity contribution in [1.29, 1.82) is 0 Å². The average Bonchev–Trinajstić information content (AvgIpc) is 3.37. The van der Waals surface area contributed by atoms with E-state index in [-0.39, 0.29) is 40.8 Å². The van der Waals surface area contributed by atoms with Crippen LogP contribution in [0.4, 0.5) is 0 Å². The van der Waals surface area contributed by atoms with Gasteiger partial charge in [0.2, 0.25) is 15.9 Å². The summed E-state index contributed by atoms with van der Waals surface area (Å²) in [5, 5.41) is 0. The highest BCUT2D eigenvalue weighted by molar-refractivity contribution is 7.91. The third-order valence-electron chi connectivity index (χ3n) is 5.06. The first-order chi connectivity index (χ1) is 13.2. The van der Waals surface area contributed by atoms with Gasteiger partial charge in [-0.25, -0.2) is 21.6 Å². The lowest BCUT2D eigenvalue weighted by molar-refractivity contribution is -0.132. The van der Waals surface area contributed by atoms with E-state index in [0.717, 1.165) is 18.4 Å². The molecule has 0 aromatic heterocycles. The molecule has 0 spiro atoms. The van der Waals surface area contributed by atoms with Crippen molar-refractivity contribution in [2.45, 2.75) is 49.1 Å². The van der Waals surface area contributed by atoms with Crippen LogP contribution in [-0.2, 0) is 31.1 Å². The van der Waals surface area contributed by atoms with Gasteiger partial charge in [0.05, 0.1) is 16.4 Å². The number of nitrogens with zero attached hydrogens (tertiary/aromatic N) is 1. The summed E-state index contributed by atoms with van der Waals surface area (Å²) < 4.78 is 50.5. The Balaban J connectivity index is 1.59. The number of benzene rings is 1. The second-order valence-corrected chi connectivity index (χ2v) is 11.4. The minimum absolute atomic E-state index is 0.00707. The second kappa shape index (κ2) is 8.34. The number of hydrogen-bond acceptors (Lipinski definition) is 5. The van der Waals surface area contributed by atoms with Crippen molar-refractivity contribution in [1.82, 2.24) is 9.62 Å². The molecule has 2 fully saturated rings. The van der Waals surface area contributed by atoms with Gasteiger partial charge in [-0.1, -0.05) is 18.2 Å². The number of amides is 1. The van der Waals surface area contributed by atoms with Gasteiger partial charge >= 0.3 is 0 Å². The zero-order valence-corrected chi connectivity index (χ0v) is 17.3. The van der Waals surface area contributed by atoms with E-state index < -0.39 is 19.9 Å². The molecule has 9 heteroatoms. The lowest BCUT2D eigenvalue weighted by Gasteiger charge is -2.27. The number of sulfone groups is 1. The molecule has 7 nitrogen and oxygen atoms in total. The lowest BCUT2D eigenvalue weighted by Crippen LogP contribution is -2.41. The minimum Gasteiger partial charge on any atom is -0.335 e. The van der Waals surface area contributed by atoms with Gasteiger partial charge in [-0.15, -0.1) is 6.58 Å². The van der Waals surface area contributed by atoms with Crippen LogP contribution in [0.2, 0.25) is 0 Å². The van der Waals surface area contributed by atoms with Gasteiger partial charge in [0.25, 0.3) is 0 Å². The number of nitrogens with one attached hydrogen (secondary N) is 1. The normalized spacial score (nSPS) is 21.4. The van der Waals surface area contributed by atoms with Crippen LogP contribution in [0.3, 0.4) is 0 Å². The van der Waals surface area contributed by atoms with Crippen molar-refractivity contribution < 1.29 is 21.6 Å². The second-order valence-electron chi connectivity index (χ2n) is 7.43. The highest BCUT2D eigenvalue weighted by atomic mass is 32.2.